The number of hydrogen-bond donors (Lipinski definition) is 2. The van der Waals surface area contributed by atoms with Gasteiger partial charge in [-0.3, -0.25) is 14.5 Å². The number of carbonyl (C=O) groups excluding carboxylic acids is 2. The van der Waals surface area contributed by atoms with Gasteiger partial charge in [0.1, 0.15) is 0 Å². The van der Waals surface area contributed by atoms with Gasteiger partial charge in [0.15, 0.2) is 0 Å². The third kappa shape index (κ3) is 2.39. The van der Waals surface area contributed by atoms with Crippen LogP contribution in [0.1, 0.15) is 33.6 Å². The van der Waals surface area contributed by atoms with Crippen LogP contribution < -0.4 is 11.5 Å². The SMILES string of the molecule is COCC(CCCN)N1C(=O)c2cccc(N)c2C1=O. The monoisotopic (exact) mass is 277 g/mol. The number of amides is 2. The van der Waals surface area contributed by atoms with Gasteiger partial charge in [-0.1, -0.05) is 6.07 Å². The van der Waals surface area contributed by atoms with Crippen LogP contribution >= 0.6 is 0 Å². The van der Waals surface area contributed by atoms with Crippen molar-refractivity contribution >= 4 is 17.5 Å². The first-order chi connectivity index (χ1) is 9.61. The summed E-state index contributed by atoms with van der Waals surface area (Å²) in [5.74, 6) is -0.654. The van der Waals surface area contributed by atoms with Gasteiger partial charge in [0.05, 0.1) is 23.8 Å². The van der Waals surface area contributed by atoms with Crippen LogP contribution in [0.3, 0.4) is 0 Å². The molecule has 0 saturated heterocycles. The van der Waals surface area contributed by atoms with Crippen molar-refractivity contribution in [1.82, 2.24) is 4.90 Å². The highest BCUT2D eigenvalue weighted by Gasteiger charge is 2.40. The smallest absolute Gasteiger partial charge is 0.263 e. The van der Waals surface area contributed by atoms with Crippen molar-refractivity contribution in [3.05, 3.63) is 29.3 Å². The van der Waals surface area contributed by atoms with Gasteiger partial charge < -0.3 is 16.2 Å². The number of imide groups is 1. The van der Waals surface area contributed by atoms with Crippen molar-refractivity contribution in [2.24, 2.45) is 5.73 Å². The number of nitrogens with two attached hydrogens (primary N) is 2. The van der Waals surface area contributed by atoms with E-state index in [4.69, 9.17) is 16.2 Å². The highest BCUT2D eigenvalue weighted by Crippen LogP contribution is 2.30. The summed E-state index contributed by atoms with van der Waals surface area (Å²) in [6, 6.07) is 4.61. The minimum Gasteiger partial charge on any atom is -0.398 e. The maximum absolute atomic E-state index is 12.4. The van der Waals surface area contributed by atoms with Gasteiger partial charge in [0.25, 0.3) is 11.8 Å². The molecule has 2 amide bonds. The number of hydrogen-bond acceptors (Lipinski definition) is 5. The van der Waals surface area contributed by atoms with E-state index in [1.54, 1.807) is 25.3 Å². The Hall–Kier alpha value is -1.92. The van der Waals surface area contributed by atoms with Crippen LogP contribution in [0, 0.1) is 0 Å². The largest absolute Gasteiger partial charge is 0.398 e. The van der Waals surface area contributed by atoms with Gasteiger partial charge in [-0.05, 0) is 31.5 Å². The number of nitrogens with zero attached hydrogens (tertiary/aromatic N) is 1. The molecule has 1 heterocycles. The van der Waals surface area contributed by atoms with Gasteiger partial charge in [-0.25, -0.2) is 0 Å². The van der Waals surface area contributed by atoms with Crippen LogP contribution in [0.4, 0.5) is 5.69 Å². The standard InChI is InChI=1S/C14H19N3O3/c1-20-8-9(4-3-7-15)17-13(18)10-5-2-6-11(16)12(10)14(17)19/h2,5-6,9H,3-4,7-8,15-16H2,1H3. The summed E-state index contributed by atoms with van der Waals surface area (Å²) >= 11 is 0. The molecule has 1 aliphatic heterocycles. The molecule has 20 heavy (non-hydrogen) atoms. The van der Waals surface area contributed by atoms with Crippen molar-refractivity contribution in [3.63, 3.8) is 0 Å². The van der Waals surface area contributed by atoms with Crippen LogP contribution in [-0.4, -0.2) is 43.0 Å². The second kappa shape index (κ2) is 6.02. The predicted molar refractivity (Wildman–Crippen MR) is 75.3 cm³/mol. The zero-order valence-electron chi connectivity index (χ0n) is 11.5. The number of anilines is 1. The molecule has 0 bridgehead atoms. The number of nitrogen functional groups attached to an aromatic ring is 1. The second-order valence-corrected chi connectivity index (χ2v) is 4.79. The quantitative estimate of drug-likeness (QED) is 0.586. The van der Waals surface area contributed by atoms with Crippen LogP contribution in [0.25, 0.3) is 0 Å². The number of ether oxygens (including phenoxy) is 1. The van der Waals surface area contributed by atoms with Crippen molar-refractivity contribution < 1.29 is 14.3 Å². The number of rotatable bonds is 6. The molecule has 1 aromatic rings. The normalized spacial score (nSPS) is 15.6. The lowest BCUT2D eigenvalue weighted by Gasteiger charge is -2.25. The molecule has 0 fully saturated rings. The molecule has 6 nitrogen and oxygen atoms in total. The summed E-state index contributed by atoms with van der Waals surface area (Å²) in [5, 5.41) is 0. The van der Waals surface area contributed by atoms with Crippen molar-refractivity contribution in [1.29, 1.82) is 0 Å². The Morgan fingerprint density at radius 1 is 1.30 bits per heavy atom. The third-order valence-electron chi connectivity index (χ3n) is 3.44. The molecule has 2 rings (SSSR count). The van der Waals surface area contributed by atoms with E-state index in [1.807, 2.05) is 0 Å². The summed E-state index contributed by atoms with van der Waals surface area (Å²) in [6.07, 6.45) is 1.34. The summed E-state index contributed by atoms with van der Waals surface area (Å²) in [4.78, 5) is 26.1. The first-order valence-corrected chi connectivity index (χ1v) is 6.57. The average molecular weight is 277 g/mol. The van der Waals surface area contributed by atoms with Gasteiger partial charge in [0.2, 0.25) is 0 Å². The molecule has 108 valence electrons. The molecule has 0 aliphatic carbocycles. The van der Waals surface area contributed by atoms with Crippen LogP contribution in [-0.2, 0) is 4.74 Å². The van der Waals surface area contributed by atoms with E-state index in [0.717, 1.165) is 6.42 Å². The zero-order valence-corrected chi connectivity index (χ0v) is 11.5. The lowest BCUT2D eigenvalue weighted by Crippen LogP contribution is -2.42. The van der Waals surface area contributed by atoms with Crippen LogP contribution in [0.15, 0.2) is 18.2 Å². The predicted octanol–water partition coefficient (Wildman–Crippen LogP) is 0.619. The Labute approximate surface area is 117 Å². The van der Waals surface area contributed by atoms with Crippen molar-refractivity contribution in [3.8, 4) is 0 Å². The molecular weight excluding hydrogens is 258 g/mol. The minimum atomic E-state index is -0.345. The molecular formula is C14H19N3O3. The van der Waals surface area contributed by atoms with Crippen molar-refractivity contribution in [2.45, 2.75) is 18.9 Å². The van der Waals surface area contributed by atoms with E-state index in [2.05, 4.69) is 0 Å². The maximum atomic E-state index is 12.4. The molecule has 0 aromatic heterocycles. The van der Waals surface area contributed by atoms with E-state index in [-0.39, 0.29) is 17.9 Å². The highest BCUT2D eigenvalue weighted by molar-refractivity contribution is 6.23. The Morgan fingerprint density at radius 3 is 2.65 bits per heavy atom. The Kier molecular flexibility index (Phi) is 4.36. The fourth-order valence-electron chi connectivity index (χ4n) is 2.49. The molecule has 0 radical (unpaired) electrons. The van der Waals surface area contributed by atoms with Gasteiger partial charge in [0, 0.05) is 12.8 Å². The van der Waals surface area contributed by atoms with E-state index in [9.17, 15) is 9.59 Å². The minimum absolute atomic E-state index is 0.297. The lowest BCUT2D eigenvalue weighted by molar-refractivity contribution is 0.0457. The van der Waals surface area contributed by atoms with Crippen LogP contribution in [0.5, 0.6) is 0 Å². The van der Waals surface area contributed by atoms with Gasteiger partial charge >= 0.3 is 0 Å². The number of methoxy groups -OCH3 is 1. The average Bonchev–Trinajstić information content (AvgIpc) is 2.68. The second-order valence-electron chi connectivity index (χ2n) is 4.79. The summed E-state index contributed by atoms with van der Waals surface area (Å²) < 4.78 is 5.12. The summed E-state index contributed by atoms with van der Waals surface area (Å²) in [5.41, 5.74) is 12.3. The molecule has 6 heteroatoms. The summed E-state index contributed by atoms with van der Waals surface area (Å²) in [6.45, 7) is 0.802. The van der Waals surface area contributed by atoms with E-state index < -0.39 is 0 Å². The first-order valence-electron chi connectivity index (χ1n) is 6.57. The number of carbonyl (C=O) groups is 2. The fourth-order valence-corrected chi connectivity index (χ4v) is 2.49. The maximum Gasteiger partial charge on any atom is 0.263 e. The third-order valence-corrected chi connectivity index (χ3v) is 3.44. The Balaban J connectivity index is 2.32. The lowest BCUT2D eigenvalue weighted by atomic mass is 10.1. The molecule has 1 unspecified atom stereocenters. The molecule has 4 N–H and O–H groups in total. The zero-order chi connectivity index (χ0) is 14.7. The van der Waals surface area contributed by atoms with Crippen LogP contribution in [0.2, 0.25) is 0 Å². The number of fused-ring (bicyclic) bond motifs is 1. The Morgan fingerprint density at radius 2 is 2.05 bits per heavy atom. The topological polar surface area (TPSA) is 98.7 Å². The van der Waals surface area contributed by atoms with Gasteiger partial charge in [-0.15, -0.1) is 0 Å². The molecule has 0 spiro atoms. The molecule has 1 aliphatic rings. The van der Waals surface area contributed by atoms with E-state index in [0.29, 0.717) is 36.4 Å². The molecule has 0 saturated carbocycles. The van der Waals surface area contributed by atoms with Gasteiger partial charge in [-0.2, -0.15) is 0 Å². The van der Waals surface area contributed by atoms with Crippen molar-refractivity contribution in [2.75, 3.05) is 26.0 Å². The first kappa shape index (κ1) is 14.5. The summed E-state index contributed by atoms with van der Waals surface area (Å²) in [7, 11) is 1.54. The Bertz CT molecular complexity index is 530. The molecule has 1 aromatic carbocycles. The van der Waals surface area contributed by atoms with E-state index in [1.165, 1.54) is 4.90 Å². The molecule has 1 atom stereocenters. The fraction of sp³-hybridized carbons (Fsp3) is 0.429. The highest BCUT2D eigenvalue weighted by atomic mass is 16.5. The number of benzene rings is 1. The van der Waals surface area contributed by atoms with E-state index >= 15 is 0 Å².